The van der Waals surface area contributed by atoms with Crippen LogP contribution in [0.2, 0.25) is 0 Å². The molecule has 3 nitrogen and oxygen atoms in total. The Labute approximate surface area is 152 Å². The first kappa shape index (κ1) is 17.0. The number of fused-ring (bicyclic) bond motifs is 2. The zero-order valence-electron chi connectivity index (χ0n) is 14.9. The third-order valence-corrected chi connectivity index (χ3v) is 5.50. The highest BCUT2D eigenvalue weighted by Gasteiger charge is 2.50. The number of aryl methyl sites for hydroxylation is 1. The molecule has 2 unspecified atom stereocenters. The second-order valence-corrected chi connectivity index (χ2v) is 7.20. The molecule has 1 fully saturated rings. The fourth-order valence-electron chi connectivity index (χ4n) is 3.95. The van der Waals surface area contributed by atoms with Gasteiger partial charge in [-0.1, -0.05) is 37.3 Å². The maximum atomic E-state index is 13.2. The lowest BCUT2D eigenvalue weighted by Gasteiger charge is -2.31. The molecule has 2 aliphatic heterocycles. The van der Waals surface area contributed by atoms with Crippen LogP contribution >= 0.6 is 0 Å². The number of carbonyl (C=O) groups excluding carboxylic acids is 1. The van der Waals surface area contributed by atoms with Gasteiger partial charge in [-0.2, -0.15) is 0 Å². The molecule has 2 aromatic carbocycles. The number of benzene rings is 2. The van der Waals surface area contributed by atoms with Gasteiger partial charge in [0.15, 0.2) is 5.78 Å². The Hall–Kier alpha value is -2.46. The standard InChI is InChI=1S/C22H21FO3/c1-3-13-12-15(14-4-7-16(23)8-5-14)6-9-17(13)19-20(24)18-10-11-22(2,26-18)21(19)25/h4-9,12,18,25H,3,10-11H2,1-2H3. The zero-order valence-corrected chi connectivity index (χ0v) is 14.9. The van der Waals surface area contributed by atoms with Crippen LogP contribution in [0.1, 0.15) is 37.8 Å². The minimum absolute atomic E-state index is 0.0421. The van der Waals surface area contributed by atoms with E-state index in [-0.39, 0.29) is 17.4 Å². The smallest absolute Gasteiger partial charge is 0.195 e. The zero-order chi connectivity index (χ0) is 18.5. The summed E-state index contributed by atoms with van der Waals surface area (Å²) in [5, 5.41) is 10.8. The van der Waals surface area contributed by atoms with Gasteiger partial charge in [0.2, 0.25) is 0 Å². The summed E-state index contributed by atoms with van der Waals surface area (Å²) < 4.78 is 18.9. The molecule has 2 aliphatic rings. The van der Waals surface area contributed by atoms with E-state index in [9.17, 15) is 14.3 Å². The summed E-state index contributed by atoms with van der Waals surface area (Å²) in [4.78, 5) is 12.8. The number of carbonyl (C=O) groups is 1. The van der Waals surface area contributed by atoms with Gasteiger partial charge >= 0.3 is 0 Å². The van der Waals surface area contributed by atoms with E-state index in [1.54, 1.807) is 12.1 Å². The number of aliphatic hydroxyl groups is 1. The minimum atomic E-state index is -0.769. The molecule has 1 saturated heterocycles. The van der Waals surface area contributed by atoms with Crippen LogP contribution < -0.4 is 0 Å². The summed E-state index contributed by atoms with van der Waals surface area (Å²) in [6, 6.07) is 12.1. The molecule has 0 radical (unpaired) electrons. The molecule has 0 aromatic heterocycles. The molecule has 2 aromatic rings. The van der Waals surface area contributed by atoms with Crippen LogP contribution in [0, 0.1) is 5.82 Å². The van der Waals surface area contributed by atoms with E-state index in [1.165, 1.54) is 12.1 Å². The van der Waals surface area contributed by atoms with Crippen molar-refractivity contribution in [2.45, 2.75) is 44.8 Å². The van der Waals surface area contributed by atoms with Crippen LogP contribution in [-0.4, -0.2) is 22.6 Å². The number of ether oxygens (including phenoxy) is 1. The molecule has 4 heteroatoms. The molecule has 26 heavy (non-hydrogen) atoms. The summed E-state index contributed by atoms with van der Waals surface area (Å²) in [6.07, 6.45) is 1.54. The van der Waals surface area contributed by atoms with Gasteiger partial charge in [-0.15, -0.1) is 0 Å². The largest absolute Gasteiger partial charge is 0.508 e. The van der Waals surface area contributed by atoms with Gasteiger partial charge in [-0.3, -0.25) is 4.79 Å². The lowest BCUT2D eigenvalue weighted by Crippen LogP contribution is -2.37. The number of aliphatic hydroxyl groups excluding tert-OH is 1. The number of rotatable bonds is 3. The Kier molecular flexibility index (Phi) is 3.96. The van der Waals surface area contributed by atoms with E-state index in [0.29, 0.717) is 18.4 Å². The van der Waals surface area contributed by atoms with Crippen molar-refractivity contribution in [3.63, 3.8) is 0 Å². The highest BCUT2D eigenvalue weighted by molar-refractivity contribution is 6.25. The average molecular weight is 352 g/mol. The molecule has 1 N–H and O–H groups in total. The van der Waals surface area contributed by atoms with Crippen molar-refractivity contribution in [1.82, 2.24) is 0 Å². The molecular formula is C22H21FO3. The molecule has 4 rings (SSSR count). The summed E-state index contributed by atoms with van der Waals surface area (Å²) in [6.45, 7) is 3.86. The highest BCUT2D eigenvalue weighted by Crippen LogP contribution is 2.45. The predicted molar refractivity (Wildman–Crippen MR) is 98.3 cm³/mol. The monoisotopic (exact) mass is 352 g/mol. The second kappa shape index (κ2) is 6.06. The summed E-state index contributed by atoms with van der Waals surface area (Å²) in [7, 11) is 0. The number of Topliss-reactive ketones (excluding diaryl/α,β-unsaturated/α-hetero) is 1. The van der Waals surface area contributed by atoms with E-state index in [2.05, 4.69) is 0 Å². The van der Waals surface area contributed by atoms with Crippen LogP contribution in [0.15, 0.2) is 48.2 Å². The van der Waals surface area contributed by atoms with Gasteiger partial charge in [0.05, 0.1) is 5.57 Å². The number of hydrogen-bond donors (Lipinski definition) is 1. The Morgan fingerprint density at radius 3 is 2.58 bits per heavy atom. The average Bonchev–Trinajstić information content (AvgIpc) is 3.02. The molecule has 2 heterocycles. The first-order chi connectivity index (χ1) is 12.4. The third kappa shape index (κ3) is 2.56. The Balaban J connectivity index is 1.82. The quantitative estimate of drug-likeness (QED) is 0.859. The summed E-state index contributed by atoms with van der Waals surface area (Å²) >= 11 is 0. The van der Waals surface area contributed by atoms with Crippen molar-refractivity contribution < 1.29 is 19.0 Å². The Morgan fingerprint density at radius 2 is 1.88 bits per heavy atom. The maximum absolute atomic E-state index is 13.2. The number of halogens is 1. The molecule has 134 valence electrons. The first-order valence-corrected chi connectivity index (χ1v) is 8.98. The lowest BCUT2D eigenvalue weighted by molar-refractivity contribution is -0.130. The van der Waals surface area contributed by atoms with E-state index in [1.807, 2.05) is 32.0 Å². The molecule has 0 saturated carbocycles. The van der Waals surface area contributed by atoms with E-state index >= 15 is 0 Å². The van der Waals surface area contributed by atoms with Gasteiger partial charge in [-0.05, 0) is 60.6 Å². The van der Waals surface area contributed by atoms with Gasteiger partial charge in [-0.25, -0.2) is 4.39 Å². The van der Waals surface area contributed by atoms with Crippen molar-refractivity contribution in [3.05, 3.63) is 65.2 Å². The molecule has 0 aliphatic carbocycles. The van der Waals surface area contributed by atoms with E-state index < -0.39 is 11.7 Å². The SMILES string of the molecule is CCc1cc(-c2ccc(F)cc2)ccc1C1=C(O)C2(C)CCC(O2)C1=O. The molecule has 2 atom stereocenters. The maximum Gasteiger partial charge on any atom is 0.195 e. The number of hydrogen-bond acceptors (Lipinski definition) is 3. The van der Waals surface area contributed by atoms with Gasteiger partial charge < -0.3 is 9.84 Å². The van der Waals surface area contributed by atoms with Gasteiger partial charge in [0.1, 0.15) is 23.3 Å². The Morgan fingerprint density at radius 1 is 1.19 bits per heavy atom. The summed E-state index contributed by atoms with van der Waals surface area (Å²) in [5.74, 6) is -0.366. The molecule has 0 spiro atoms. The van der Waals surface area contributed by atoms with Crippen LogP contribution in [-0.2, 0) is 16.0 Å². The normalized spacial score (nSPS) is 25.0. The first-order valence-electron chi connectivity index (χ1n) is 8.98. The van der Waals surface area contributed by atoms with Crippen LogP contribution in [0.25, 0.3) is 16.7 Å². The topological polar surface area (TPSA) is 46.5 Å². The second-order valence-electron chi connectivity index (χ2n) is 7.20. The Bertz CT molecular complexity index is 913. The van der Waals surface area contributed by atoms with Crippen molar-refractivity contribution in [2.75, 3.05) is 0 Å². The number of ketones is 1. The lowest BCUT2D eigenvalue weighted by atomic mass is 9.87. The van der Waals surface area contributed by atoms with Crippen LogP contribution in [0.5, 0.6) is 0 Å². The van der Waals surface area contributed by atoms with Crippen molar-refractivity contribution in [2.24, 2.45) is 0 Å². The molecule has 0 amide bonds. The summed E-state index contributed by atoms with van der Waals surface area (Å²) in [5.41, 5.74) is 3.24. The van der Waals surface area contributed by atoms with Crippen molar-refractivity contribution in [3.8, 4) is 11.1 Å². The van der Waals surface area contributed by atoms with Crippen molar-refractivity contribution >= 4 is 11.4 Å². The predicted octanol–water partition coefficient (Wildman–Crippen LogP) is 4.84. The minimum Gasteiger partial charge on any atom is -0.508 e. The van der Waals surface area contributed by atoms with Crippen LogP contribution in [0.3, 0.4) is 0 Å². The van der Waals surface area contributed by atoms with E-state index in [4.69, 9.17) is 4.74 Å². The van der Waals surface area contributed by atoms with Crippen LogP contribution in [0.4, 0.5) is 4.39 Å². The fraction of sp³-hybridized carbons (Fsp3) is 0.318. The third-order valence-electron chi connectivity index (χ3n) is 5.50. The molecular weight excluding hydrogens is 331 g/mol. The van der Waals surface area contributed by atoms with Gasteiger partial charge in [0.25, 0.3) is 0 Å². The fourth-order valence-corrected chi connectivity index (χ4v) is 3.95. The molecule has 2 bridgehead atoms. The highest BCUT2D eigenvalue weighted by atomic mass is 19.1. The van der Waals surface area contributed by atoms with Crippen molar-refractivity contribution in [1.29, 1.82) is 0 Å². The van der Waals surface area contributed by atoms with Gasteiger partial charge in [0, 0.05) is 0 Å². The van der Waals surface area contributed by atoms with E-state index in [0.717, 1.165) is 28.7 Å².